The smallest absolute Gasteiger partial charge is 0.341 e. The number of hydrogen-bond donors (Lipinski definition) is 1. The number of anilines is 1. The Morgan fingerprint density at radius 2 is 2.00 bits per heavy atom. The van der Waals surface area contributed by atoms with Gasteiger partial charge in [0.25, 0.3) is 5.91 Å². The van der Waals surface area contributed by atoms with E-state index in [2.05, 4.69) is 5.32 Å². The van der Waals surface area contributed by atoms with Crippen LogP contribution in [0.25, 0.3) is 0 Å². The van der Waals surface area contributed by atoms with Gasteiger partial charge < -0.3 is 14.8 Å². The summed E-state index contributed by atoms with van der Waals surface area (Å²) in [7, 11) is 1.36. The molecule has 5 nitrogen and oxygen atoms in total. The number of benzene rings is 1. The average molecular weight is 408 g/mol. The van der Waals surface area contributed by atoms with E-state index in [1.165, 1.54) is 18.4 Å². The highest BCUT2D eigenvalue weighted by Crippen LogP contribution is 2.38. The zero-order valence-corrected chi connectivity index (χ0v) is 16.9. The van der Waals surface area contributed by atoms with Gasteiger partial charge in [0.15, 0.2) is 6.10 Å². The van der Waals surface area contributed by atoms with Crippen molar-refractivity contribution >= 4 is 39.8 Å². The Bertz CT molecular complexity index is 849. The number of carbonyl (C=O) groups excluding carboxylic acids is 2. The first-order valence-electron chi connectivity index (χ1n) is 8.95. The molecule has 144 valence electrons. The lowest BCUT2D eigenvalue weighted by Gasteiger charge is -2.15. The second kappa shape index (κ2) is 8.76. The van der Waals surface area contributed by atoms with Gasteiger partial charge in [-0.3, -0.25) is 4.79 Å². The molecule has 1 aliphatic rings. The number of thiophene rings is 1. The number of aryl methyl sites for hydroxylation is 1. The molecule has 0 saturated heterocycles. The van der Waals surface area contributed by atoms with Gasteiger partial charge in [-0.05, 0) is 56.4 Å². The van der Waals surface area contributed by atoms with Crippen molar-refractivity contribution in [1.82, 2.24) is 0 Å². The van der Waals surface area contributed by atoms with Crippen LogP contribution in [0.3, 0.4) is 0 Å². The minimum absolute atomic E-state index is 0.323. The number of methoxy groups -OCH3 is 1. The van der Waals surface area contributed by atoms with Crippen LogP contribution in [0.4, 0.5) is 5.00 Å². The topological polar surface area (TPSA) is 64.6 Å². The van der Waals surface area contributed by atoms with E-state index in [0.29, 0.717) is 21.3 Å². The number of carbonyl (C=O) groups is 2. The molecule has 2 aromatic rings. The van der Waals surface area contributed by atoms with Crippen molar-refractivity contribution in [1.29, 1.82) is 0 Å². The van der Waals surface area contributed by atoms with Gasteiger partial charge in [-0.1, -0.05) is 24.1 Å². The van der Waals surface area contributed by atoms with Gasteiger partial charge in [0.05, 0.1) is 12.7 Å². The van der Waals surface area contributed by atoms with E-state index in [1.807, 2.05) is 0 Å². The van der Waals surface area contributed by atoms with Gasteiger partial charge >= 0.3 is 5.97 Å². The Balaban J connectivity index is 1.79. The number of amides is 1. The Labute approximate surface area is 167 Å². The number of ether oxygens (including phenoxy) is 2. The van der Waals surface area contributed by atoms with Crippen molar-refractivity contribution in [3.63, 3.8) is 0 Å². The third kappa shape index (κ3) is 4.62. The third-order valence-electron chi connectivity index (χ3n) is 4.53. The van der Waals surface area contributed by atoms with Crippen molar-refractivity contribution in [2.45, 2.75) is 45.1 Å². The molecule has 1 N–H and O–H groups in total. The normalized spacial score (nSPS) is 14.6. The number of nitrogens with one attached hydrogen (secondary N) is 1. The quantitative estimate of drug-likeness (QED) is 0.567. The van der Waals surface area contributed by atoms with E-state index in [1.54, 1.807) is 31.2 Å². The summed E-state index contributed by atoms with van der Waals surface area (Å²) in [6.45, 7) is 1.66. The van der Waals surface area contributed by atoms with Gasteiger partial charge in [-0.2, -0.15) is 0 Å². The van der Waals surface area contributed by atoms with E-state index in [0.717, 1.165) is 42.5 Å². The lowest BCUT2D eigenvalue weighted by atomic mass is 10.1. The van der Waals surface area contributed by atoms with E-state index < -0.39 is 12.1 Å². The summed E-state index contributed by atoms with van der Waals surface area (Å²) >= 11 is 7.41. The van der Waals surface area contributed by atoms with Crippen LogP contribution >= 0.6 is 22.9 Å². The molecule has 0 bridgehead atoms. The predicted octanol–water partition coefficient (Wildman–Crippen LogP) is 4.86. The number of hydrogen-bond acceptors (Lipinski definition) is 5. The summed E-state index contributed by atoms with van der Waals surface area (Å²) < 4.78 is 10.6. The lowest BCUT2D eigenvalue weighted by Crippen LogP contribution is -2.30. The standard InChI is InChI=1S/C20H22ClNO4S/c1-12(26-14-8-6-7-13(21)11-14)18(23)22-19-17(20(24)25-2)15-9-4-3-5-10-16(15)27-19/h6-8,11-12H,3-5,9-10H2,1-2H3,(H,22,23)/t12-/m0/s1. The second-order valence-electron chi connectivity index (χ2n) is 6.47. The first-order valence-corrected chi connectivity index (χ1v) is 10.1. The molecule has 3 rings (SSSR count). The van der Waals surface area contributed by atoms with Crippen molar-refractivity contribution in [2.24, 2.45) is 0 Å². The van der Waals surface area contributed by atoms with E-state index in [-0.39, 0.29) is 5.91 Å². The molecule has 1 aromatic carbocycles. The van der Waals surface area contributed by atoms with Gasteiger partial charge in [0, 0.05) is 9.90 Å². The van der Waals surface area contributed by atoms with Crippen LogP contribution in [0.5, 0.6) is 5.75 Å². The largest absolute Gasteiger partial charge is 0.481 e. The Kier molecular flexibility index (Phi) is 6.39. The van der Waals surface area contributed by atoms with Gasteiger partial charge in [-0.15, -0.1) is 11.3 Å². The van der Waals surface area contributed by atoms with Crippen LogP contribution in [0.2, 0.25) is 5.02 Å². The maximum absolute atomic E-state index is 12.6. The Morgan fingerprint density at radius 1 is 1.22 bits per heavy atom. The highest BCUT2D eigenvalue weighted by molar-refractivity contribution is 7.17. The van der Waals surface area contributed by atoms with Crippen molar-refractivity contribution in [2.75, 3.05) is 12.4 Å². The number of rotatable bonds is 5. The molecule has 0 aliphatic heterocycles. The lowest BCUT2D eigenvalue weighted by molar-refractivity contribution is -0.122. The van der Waals surface area contributed by atoms with E-state index in [4.69, 9.17) is 21.1 Å². The summed E-state index contributed by atoms with van der Waals surface area (Å²) in [6.07, 6.45) is 4.30. The molecular weight excluding hydrogens is 386 g/mol. The minimum Gasteiger partial charge on any atom is -0.481 e. The molecule has 1 aromatic heterocycles. The average Bonchev–Trinajstić information content (AvgIpc) is 2.82. The monoisotopic (exact) mass is 407 g/mol. The number of fused-ring (bicyclic) bond motifs is 1. The highest BCUT2D eigenvalue weighted by atomic mass is 35.5. The molecule has 0 fully saturated rings. The summed E-state index contributed by atoms with van der Waals surface area (Å²) in [5, 5.41) is 3.94. The SMILES string of the molecule is COC(=O)c1c(NC(=O)[C@H](C)Oc2cccc(Cl)c2)sc2c1CCCCC2. The number of halogens is 1. The minimum atomic E-state index is -0.740. The molecule has 1 heterocycles. The molecule has 0 saturated carbocycles. The molecule has 1 aliphatic carbocycles. The first kappa shape index (κ1) is 19.7. The van der Waals surface area contributed by atoms with Gasteiger partial charge in [0.2, 0.25) is 0 Å². The van der Waals surface area contributed by atoms with Crippen LogP contribution < -0.4 is 10.1 Å². The van der Waals surface area contributed by atoms with Gasteiger partial charge in [0.1, 0.15) is 10.8 Å². The van der Waals surface area contributed by atoms with Crippen LogP contribution in [0.15, 0.2) is 24.3 Å². The highest BCUT2D eigenvalue weighted by Gasteiger charge is 2.27. The fourth-order valence-corrected chi connectivity index (χ4v) is 4.62. The van der Waals surface area contributed by atoms with Crippen LogP contribution in [-0.2, 0) is 22.4 Å². The molecular formula is C20H22ClNO4S. The van der Waals surface area contributed by atoms with E-state index >= 15 is 0 Å². The first-order chi connectivity index (χ1) is 13.0. The van der Waals surface area contributed by atoms with Crippen LogP contribution in [-0.4, -0.2) is 25.1 Å². The fraction of sp³-hybridized carbons (Fsp3) is 0.400. The predicted molar refractivity (Wildman–Crippen MR) is 107 cm³/mol. The zero-order chi connectivity index (χ0) is 19.4. The molecule has 1 amide bonds. The molecule has 0 radical (unpaired) electrons. The Hall–Kier alpha value is -2.05. The molecule has 1 atom stereocenters. The van der Waals surface area contributed by atoms with Gasteiger partial charge in [-0.25, -0.2) is 4.79 Å². The summed E-state index contributed by atoms with van der Waals surface area (Å²) in [6, 6.07) is 6.88. The molecule has 7 heteroatoms. The number of esters is 1. The van der Waals surface area contributed by atoms with Crippen LogP contribution in [0, 0.1) is 0 Å². The van der Waals surface area contributed by atoms with E-state index in [9.17, 15) is 9.59 Å². The molecule has 0 spiro atoms. The van der Waals surface area contributed by atoms with Crippen molar-refractivity contribution < 1.29 is 19.1 Å². The second-order valence-corrected chi connectivity index (χ2v) is 8.01. The third-order valence-corrected chi connectivity index (χ3v) is 5.97. The summed E-state index contributed by atoms with van der Waals surface area (Å²) in [4.78, 5) is 26.1. The maximum atomic E-state index is 12.6. The fourth-order valence-electron chi connectivity index (χ4n) is 3.16. The van der Waals surface area contributed by atoms with Crippen LogP contribution in [0.1, 0.15) is 47.0 Å². The molecule has 0 unspecified atom stereocenters. The summed E-state index contributed by atoms with van der Waals surface area (Å²) in [5.74, 6) is -0.218. The zero-order valence-electron chi connectivity index (χ0n) is 15.3. The maximum Gasteiger partial charge on any atom is 0.341 e. The summed E-state index contributed by atoms with van der Waals surface area (Å²) in [5.41, 5.74) is 1.51. The Morgan fingerprint density at radius 3 is 2.74 bits per heavy atom. The van der Waals surface area contributed by atoms with Crippen molar-refractivity contribution in [3.05, 3.63) is 45.3 Å². The molecule has 27 heavy (non-hydrogen) atoms. The van der Waals surface area contributed by atoms with Crippen molar-refractivity contribution in [3.8, 4) is 5.75 Å².